The van der Waals surface area contributed by atoms with Crippen LogP contribution in [-0.2, 0) is 6.42 Å². The van der Waals surface area contributed by atoms with Crippen molar-refractivity contribution in [1.82, 2.24) is 19.9 Å². The molecule has 2 rings (SSSR count). The predicted molar refractivity (Wildman–Crippen MR) is 76.5 cm³/mol. The molecule has 0 atom stereocenters. The summed E-state index contributed by atoms with van der Waals surface area (Å²) < 4.78 is 5.35. The van der Waals surface area contributed by atoms with Crippen molar-refractivity contribution >= 4 is 11.9 Å². The number of hydrogen-bond donors (Lipinski definition) is 2. The summed E-state index contributed by atoms with van der Waals surface area (Å²) in [6, 6.07) is 4.20. The summed E-state index contributed by atoms with van der Waals surface area (Å²) in [7, 11) is 0. The number of nitrogens with two attached hydrogens (primary N) is 1. The van der Waals surface area contributed by atoms with E-state index in [1.165, 1.54) is 5.56 Å². The second-order valence-corrected chi connectivity index (χ2v) is 4.18. The van der Waals surface area contributed by atoms with E-state index in [1.54, 1.807) is 12.4 Å². The molecule has 0 amide bonds. The van der Waals surface area contributed by atoms with Crippen molar-refractivity contribution in [2.45, 2.75) is 19.8 Å². The minimum Gasteiger partial charge on any atom is -0.463 e. The molecule has 0 spiro atoms. The standard InChI is InChI=1S/C13H18N6O/c1-2-9-20-13-18-11(14)17-12(19-13)16-8-5-10-3-6-15-7-4-10/h3-4,6-7H,2,5,8-9H2,1H3,(H3,14,16,17,18,19). The van der Waals surface area contributed by atoms with E-state index in [0.29, 0.717) is 19.1 Å². The van der Waals surface area contributed by atoms with Gasteiger partial charge in [-0.15, -0.1) is 0 Å². The lowest BCUT2D eigenvalue weighted by molar-refractivity contribution is 0.292. The van der Waals surface area contributed by atoms with Gasteiger partial charge in [-0.25, -0.2) is 0 Å². The molecule has 0 aliphatic carbocycles. The van der Waals surface area contributed by atoms with Gasteiger partial charge in [0.05, 0.1) is 6.61 Å². The molecule has 20 heavy (non-hydrogen) atoms. The summed E-state index contributed by atoms with van der Waals surface area (Å²) in [6.07, 6.45) is 5.27. The molecular formula is C13H18N6O. The maximum absolute atomic E-state index is 5.62. The number of ether oxygens (including phenoxy) is 1. The van der Waals surface area contributed by atoms with Gasteiger partial charge in [-0.05, 0) is 30.5 Å². The summed E-state index contributed by atoms with van der Waals surface area (Å²) in [5.74, 6) is 0.579. The molecule has 2 heterocycles. The Labute approximate surface area is 117 Å². The Kier molecular flexibility index (Phi) is 5.05. The molecule has 2 aromatic rings. The molecular weight excluding hydrogens is 256 g/mol. The third-order valence-corrected chi connectivity index (χ3v) is 2.51. The van der Waals surface area contributed by atoms with Gasteiger partial charge in [0.15, 0.2) is 0 Å². The van der Waals surface area contributed by atoms with Gasteiger partial charge in [0.2, 0.25) is 11.9 Å². The van der Waals surface area contributed by atoms with Gasteiger partial charge in [-0.2, -0.15) is 15.0 Å². The Balaban J connectivity index is 1.90. The maximum Gasteiger partial charge on any atom is 0.323 e. The van der Waals surface area contributed by atoms with E-state index in [2.05, 4.69) is 25.3 Å². The van der Waals surface area contributed by atoms with Crippen LogP contribution in [0.5, 0.6) is 6.01 Å². The highest BCUT2D eigenvalue weighted by atomic mass is 16.5. The van der Waals surface area contributed by atoms with Crippen LogP contribution >= 0.6 is 0 Å². The minimum absolute atomic E-state index is 0.150. The first-order valence-corrected chi connectivity index (χ1v) is 6.55. The lowest BCUT2D eigenvalue weighted by Crippen LogP contribution is -2.11. The lowest BCUT2D eigenvalue weighted by Gasteiger charge is -2.07. The third kappa shape index (κ3) is 4.34. The van der Waals surface area contributed by atoms with Crippen molar-refractivity contribution in [2.24, 2.45) is 0 Å². The van der Waals surface area contributed by atoms with E-state index in [9.17, 15) is 0 Å². The lowest BCUT2D eigenvalue weighted by atomic mass is 10.2. The molecule has 7 heteroatoms. The highest BCUT2D eigenvalue weighted by molar-refractivity contribution is 5.32. The van der Waals surface area contributed by atoms with Crippen molar-refractivity contribution in [2.75, 3.05) is 24.2 Å². The fourth-order valence-electron chi connectivity index (χ4n) is 1.58. The van der Waals surface area contributed by atoms with Gasteiger partial charge in [0.1, 0.15) is 0 Å². The Morgan fingerprint density at radius 1 is 1.20 bits per heavy atom. The molecule has 0 fully saturated rings. The van der Waals surface area contributed by atoms with Crippen LogP contribution in [-0.4, -0.2) is 33.1 Å². The zero-order valence-corrected chi connectivity index (χ0v) is 11.4. The first-order valence-electron chi connectivity index (χ1n) is 6.55. The van der Waals surface area contributed by atoms with Crippen LogP contribution in [0.25, 0.3) is 0 Å². The highest BCUT2D eigenvalue weighted by Gasteiger charge is 2.04. The Hall–Kier alpha value is -2.44. The van der Waals surface area contributed by atoms with Crippen molar-refractivity contribution in [3.05, 3.63) is 30.1 Å². The second kappa shape index (κ2) is 7.22. The van der Waals surface area contributed by atoms with Gasteiger partial charge < -0.3 is 15.8 Å². The van der Waals surface area contributed by atoms with E-state index >= 15 is 0 Å². The highest BCUT2D eigenvalue weighted by Crippen LogP contribution is 2.09. The number of rotatable bonds is 7. The largest absolute Gasteiger partial charge is 0.463 e. The number of nitrogen functional groups attached to an aromatic ring is 1. The van der Waals surface area contributed by atoms with Crippen LogP contribution in [0.2, 0.25) is 0 Å². The average Bonchev–Trinajstić information content (AvgIpc) is 2.46. The van der Waals surface area contributed by atoms with Gasteiger partial charge in [0, 0.05) is 18.9 Å². The fourth-order valence-corrected chi connectivity index (χ4v) is 1.58. The molecule has 0 unspecified atom stereocenters. The van der Waals surface area contributed by atoms with Gasteiger partial charge in [-0.1, -0.05) is 6.92 Å². The monoisotopic (exact) mass is 274 g/mol. The number of nitrogens with zero attached hydrogens (tertiary/aromatic N) is 4. The van der Waals surface area contributed by atoms with Crippen molar-refractivity contribution < 1.29 is 4.74 Å². The molecule has 0 aliphatic heterocycles. The average molecular weight is 274 g/mol. The van der Waals surface area contributed by atoms with E-state index in [-0.39, 0.29) is 12.0 Å². The van der Waals surface area contributed by atoms with Crippen LogP contribution in [0, 0.1) is 0 Å². The topological polar surface area (TPSA) is 98.8 Å². The quantitative estimate of drug-likeness (QED) is 0.784. The van der Waals surface area contributed by atoms with Crippen LogP contribution in [0.3, 0.4) is 0 Å². The summed E-state index contributed by atoms with van der Waals surface area (Å²) >= 11 is 0. The molecule has 0 radical (unpaired) electrons. The van der Waals surface area contributed by atoms with Crippen LogP contribution in [0.4, 0.5) is 11.9 Å². The maximum atomic E-state index is 5.62. The van der Waals surface area contributed by atoms with Crippen LogP contribution in [0.1, 0.15) is 18.9 Å². The first kappa shape index (κ1) is 14.0. The van der Waals surface area contributed by atoms with E-state index in [1.807, 2.05) is 19.1 Å². The van der Waals surface area contributed by atoms with Gasteiger partial charge >= 0.3 is 6.01 Å². The molecule has 0 saturated carbocycles. The van der Waals surface area contributed by atoms with Crippen LogP contribution in [0.15, 0.2) is 24.5 Å². The fraction of sp³-hybridized carbons (Fsp3) is 0.385. The molecule has 0 saturated heterocycles. The van der Waals surface area contributed by atoms with Crippen molar-refractivity contribution in [3.63, 3.8) is 0 Å². The molecule has 0 aromatic carbocycles. The van der Waals surface area contributed by atoms with Crippen LogP contribution < -0.4 is 15.8 Å². The third-order valence-electron chi connectivity index (χ3n) is 2.51. The van der Waals surface area contributed by atoms with Crippen molar-refractivity contribution in [3.8, 4) is 6.01 Å². The van der Waals surface area contributed by atoms with Gasteiger partial charge in [0.25, 0.3) is 0 Å². The molecule has 3 N–H and O–H groups in total. The second-order valence-electron chi connectivity index (χ2n) is 4.18. The molecule has 0 bridgehead atoms. The summed E-state index contributed by atoms with van der Waals surface area (Å²) in [5, 5.41) is 3.11. The SMILES string of the molecule is CCCOc1nc(N)nc(NCCc2ccncc2)n1. The molecule has 7 nitrogen and oxygen atoms in total. The number of anilines is 2. The van der Waals surface area contributed by atoms with E-state index < -0.39 is 0 Å². The normalized spacial score (nSPS) is 10.2. The predicted octanol–water partition coefficient (Wildman–Crippen LogP) is 1.29. The van der Waals surface area contributed by atoms with Crippen molar-refractivity contribution in [1.29, 1.82) is 0 Å². The summed E-state index contributed by atoms with van der Waals surface area (Å²) in [5.41, 5.74) is 6.82. The molecule has 2 aromatic heterocycles. The van der Waals surface area contributed by atoms with E-state index in [0.717, 1.165) is 12.8 Å². The summed E-state index contributed by atoms with van der Waals surface area (Å²) in [6.45, 7) is 3.26. The number of nitrogens with one attached hydrogen (secondary N) is 1. The first-order chi connectivity index (χ1) is 9.78. The zero-order chi connectivity index (χ0) is 14.2. The smallest absolute Gasteiger partial charge is 0.323 e. The Bertz CT molecular complexity index is 534. The van der Waals surface area contributed by atoms with Gasteiger partial charge in [-0.3, -0.25) is 4.98 Å². The summed E-state index contributed by atoms with van der Waals surface area (Å²) in [4.78, 5) is 16.1. The minimum atomic E-state index is 0.150. The number of pyridine rings is 1. The van der Waals surface area contributed by atoms with E-state index in [4.69, 9.17) is 10.5 Å². The number of hydrogen-bond acceptors (Lipinski definition) is 7. The number of aromatic nitrogens is 4. The molecule has 106 valence electrons. The Morgan fingerprint density at radius 3 is 2.75 bits per heavy atom. The molecule has 0 aliphatic rings. The zero-order valence-electron chi connectivity index (χ0n) is 11.4. The Morgan fingerprint density at radius 2 is 2.00 bits per heavy atom.